The molecule has 0 unspecified atom stereocenters. The van der Waals surface area contributed by atoms with Crippen molar-refractivity contribution in [3.8, 4) is 68.0 Å². The minimum atomic E-state index is -4.97. The summed E-state index contributed by atoms with van der Waals surface area (Å²) in [6.07, 6.45) is -7.17. The lowest BCUT2D eigenvalue weighted by Gasteiger charge is -2.13. The van der Waals surface area contributed by atoms with Gasteiger partial charge in [0.15, 0.2) is 6.61 Å². The van der Waals surface area contributed by atoms with Crippen LogP contribution in [-0.4, -0.2) is 119 Å². The summed E-state index contributed by atoms with van der Waals surface area (Å²) in [5.41, 5.74) is 11.2. The molecule has 0 aliphatic heterocycles. The van der Waals surface area contributed by atoms with E-state index in [4.69, 9.17) is 14.2 Å². The number of carbonyl (C=O) groups is 8. The predicted molar refractivity (Wildman–Crippen MR) is 422 cm³/mol. The van der Waals surface area contributed by atoms with Crippen LogP contribution in [0.25, 0.3) is 88.1 Å². The highest BCUT2D eigenvalue weighted by Crippen LogP contribution is 2.38. The Kier molecular flexibility index (Phi) is 26.8. The Bertz CT molecular complexity index is 5640. The van der Waals surface area contributed by atoms with Crippen molar-refractivity contribution < 1.29 is 83.6 Å². The third kappa shape index (κ3) is 24.8. The van der Waals surface area contributed by atoms with Gasteiger partial charge in [-0.15, -0.1) is 13.2 Å². The van der Waals surface area contributed by atoms with Crippen molar-refractivity contribution in [1.29, 1.82) is 0 Å². The monoisotopic (exact) mass is 1580 g/mol. The van der Waals surface area contributed by atoms with Crippen LogP contribution >= 0.6 is 0 Å². The Morgan fingerprint density at radius 3 is 0.809 bits per heavy atom. The van der Waals surface area contributed by atoms with Gasteiger partial charge < -0.3 is 40.2 Å². The first kappa shape index (κ1) is 83.1. The number of anilines is 8. The first-order valence-corrected chi connectivity index (χ1v) is 35.3. The number of halogens is 6. The van der Waals surface area contributed by atoms with Crippen molar-refractivity contribution in [2.75, 3.05) is 62.4 Å². The molecule has 8 aromatic carbocycles. The minimum Gasteiger partial charge on any atom is -0.477 e. The molecule has 1 aliphatic carbocycles. The lowest BCUT2D eigenvalue weighted by Crippen LogP contribution is -2.20. The molecule has 4 aromatic heterocycles. The van der Waals surface area contributed by atoms with E-state index in [1.54, 1.807) is 72.8 Å². The topological polar surface area (TPSA) is 373 Å². The number of nitrogens with zero attached hydrogens (tertiary/aromatic N) is 8. The number of aromatic nitrogens is 8. The van der Waals surface area contributed by atoms with Gasteiger partial charge in [0.1, 0.15) is 0 Å². The number of amides is 8. The van der Waals surface area contributed by atoms with Gasteiger partial charge in [0.2, 0.25) is 94.6 Å². The van der Waals surface area contributed by atoms with E-state index in [0.29, 0.717) is 75.5 Å². The van der Waals surface area contributed by atoms with Crippen LogP contribution in [0.1, 0.15) is 75.2 Å². The third-order valence-corrected chi connectivity index (χ3v) is 16.0. The first-order chi connectivity index (χ1) is 54.6. The second-order valence-corrected chi connectivity index (χ2v) is 25.7. The zero-order valence-electron chi connectivity index (χ0n) is 63.0. The summed E-state index contributed by atoms with van der Waals surface area (Å²) >= 11 is 0. The maximum Gasteiger partial charge on any atom is 0.574 e. The van der Waals surface area contributed by atoms with E-state index in [2.05, 4.69) is 87.1 Å². The van der Waals surface area contributed by atoms with Crippen molar-refractivity contribution in [1.82, 2.24) is 39.9 Å². The van der Waals surface area contributed by atoms with E-state index < -0.39 is 36.8 Å². The Morgan fingerprint density at radius 2 is 0.565 bits per heavy atom. The number of hydrogen-bond acceptors (Lipinski definition) is 20. The van der Waals surface area contributed by atoms with Crippen LogP contribution in [0.3, 0.4) is 0 Å². The van der Waals surface area contributed by atoms with E-state index in [0.717, 1.165) is 50.0 Å². The number of alkyl halides is 6. The Hall–Kier alpha value is -14.3. The Morgan fingerprint density at radius 1 is 0.322 bits per heavy atom. The van der Waals surface area contributed by atoms with Gasteiger partial charge in [0.05, 0.1) is 56.8 Å². The normalized spacial score (nSPS) is 11.5. The standard InChI is InChI=1S/C22H22N4O3.C20H17F3N4O3.C20H20N4O3.C19H15F3N4O3/c1-13(27)23-18-8-5-16(6-9-18)17-7-10-20-19(11-17)21(29-12-15-3-4-15)26-22(25-20)24-14(2)28;1-11(28)24-15-6-3-13(4-7-15)14-5-8-17-16(9-14)18(30-10-20(21,22)23)27-19(26-17)25-12(2)29;1-4-27-19-17-11-15(14-5-8-16(9-6-14)21-12(2)25)7-10-18(17)23-20(24-19)22-13(3)26;1-10(27)23-14-6-3-12(4-7-14)13-5-8-16-15(9-13)17(29-19(20,21)22)26-18(25-16)24-11(2)28/h5-11,15H,3-4,12H2,1-2H3,(H,23,27)(H,24,25,26,28);3-9H,10H2,1-2H3,(H,24,28)(H,25,26,27,29);5-11H,4H2,1-3H3,(H,21,25)(H,22,23,24,26);3-9H,1-2H3,(H,23,27)(H,24,25,26,28). The largest absolute Gasteiger partial charge is 0.574 e. The average Bonchev–Trinajstić information content (AvgIpc) is 0.907. The fourth-order valence-electron chi connectivity index (χ4n) is 11.1. The maximum atomic E-state index is 12.8. The maximum absolute atomic E-state index is 12.8. The number of hydrogen-bond donors (Lipinski definition) is 8. The molecule has 8 N–H and O–H groups in total. The van der Waals surface area contributed by atoms with E-state index >= 15 is 0 Å². The number of carbonyl (C=O) groups excluding carboxylic acids is 8. The second kappa shape index (κ2) is 37.1. The molecule has 1 fully saturated rings. The van der Waals surface area contributed by atoms with Crippen LogP contribution in [-0.2, 0) is 38.4 Å². The van der Waals surface area contributed by atoms with E-state index in [9.17, 15) is 64.7 Å². The molecule has 0 atom stereocenters. The highest BCUT2D eigenvalue weighted by atomic mass is 19.4. The Balaban J connectivity index is 0.000000162. The van der Waals surface area contributed by atoms with Crippen molar-refractivity contribution in [3.63, 3.8) is 0 Å². The van der Waals surface area contributed by atoms with Crippen molar-refractivity contribution in [2.45, 2.75) is 87.7 Å². The van der Waals surface area contributed by atoms with Gasteiger partial charge in [-0.05, 0) is 167 Å². The fraction of sp³-hybridized carbons (Fsp3) is 0.210. The van der Waals surface area contributed by atoms with E-state index in [1.165, 1.54) is 80.4 Å². The summed E-state index contributed by atoms with van der Waals surface area (Å²) in [5.74, 6) is -1.64. The lowest BCUT2D eigenvalue weighted by atomic mass is 10.0. The van der Waals surface area contributed by atoms with Crippen molar-refractivity contribution >= 4 is 137 Å². The summed E-state index contributed by atoms with van der Waals surface area (Å²) in [7, 11) is 0. The third-order valence-electron chi connectivity index (χ3n) is 16.0. The van der Waals surface area contributed by atoms with Crippen LogP contribution in [0.2, 0.25) is 0 Å². The molecule has 13 rings (SSSR count). The summed E-state index contributed by atoms with van der Waals surface area (Å²) < 4.78 is 97.0. The fourth-order valence-corrected chi connectivity index (χ4v) is 11.1. The number of benzene rings is 8. The molecule has 592 valence electrons. The molecule has 12 aromatic rings. The van der Waals surface area contributed by atoms with Crippen LogP contribution in [0.5, 0.6) is 23.5 Å². The quantitative estimate of drug-likeness (QED) is 0.0329. The van der Waals surface area contributed by atoms with Gasteiger partial charge in [-0.1, -0.05) is 72.8 Å². The molecule has 1 aliphatic rings. The number of rotatable bonds is 20. The highest BCUT2D eigenvalue weighted by Gasteiger charge is 2.34. The number of fused-ring (bicyclic) bond motifs is 4. The molecule has 115 heavy (non-hydrogen) atoms. The smallest absolute Gasteiger partial charge is 0.477 e. The van der Waals surface area contributed by atoms with Crippen LogP contribution in [0, 0.1) is 5.92 Å². The molecule has 1 saturated carbocycles. The Labute approximate surface area is 652 Å². The number of ether oxygens (including phenoxy) is 4. The molecule has 0 saturated heterocycles. The predicted octanol–water partition coefficient (Wildman–Crippen LogP) is 15.9. The molecular formula is C81H74F6N16O12. The van der Waals surface area contributed by atoms with Crippen molar-refractivity contribution in [3.05, 3.63) is 170 Å². The second-order valence-electron chi connectivity index (χ2n) is 25.7. The zero-order chi connectivity index (χ0) is 82.8. The first-order valence-electron chi connectivity index (χ1n) is 35.3. The van der Waals surface area contributed by atoms with Crippen LogP contribution in [0.4, 0.5) is 72.9 Å². The summed E-state index contributed by atoms with van der Waals surface area (Å²) in [5, 5.41) is 22.5. The van der Waals surface area contributed by atoms with Crippen LogP contribution < -0.4 is 61.5 Å². The van der Waals surface area contributed by atoms with E-state index in [1.807, 2.05) is 91.9 Å². The van der Waals surface area contributed by atoms with Gasteiger partial charge >= 0.3 is 12.5 Å². The van der Waals surface area contributed by atoms with Gasteiger partial charge in [-0.2, -0.15) is 33.1 Å². The molecule has 0 radical (unpaired) electrons. The summed E-state index contributed by atoms with van der Waals surface area (Å²) in [6.45, 7) is 12.4. The molecule has 4 heterocycles. The SMILES string of the molecule is CC(=O)Nc1ccc(-c2ccc3nc(NC(C)=O)nc(OC(F)(F)F)c3c2)cc1.CC(=O)Nc1ccc(-c2ccc3nc(NC(C)=O)nc(OCC(F)(F)F)c3c2)cc1.CC(=O)Nc1ccc(-c2ccc3nc(NC(C)=O)nc(OCC4CC4)c3c2)cc1.CCOc1nc(NC(C)=O)nc2ccc(-c3ccc(NC(C)=O)cc3)cc12. The number of nitrogens with one attached hydrogen (secondary N) is 8. The van der Waals surface area contributed by atoms with Gasteiger partial charge in [0.25, 0.3) is 0 Å². The zero-order valence-corrected chi connectivity index (χ0v) is 63.0. The van der Waals surface area contributed by atoms with Gasteiger partial charge in [-0.25, -0.2) is 19.9 Å². The molecule has 0 bridgehead atoms. The van der Waals surface area contributed by atoms with Crippen LogP contribution in [0.15, 0.2) is 170 Å². The van der Waals surface area contributed by atoms with Gasteiger partial charge in [-0.3, -0.25) is 59.6 Å². The molecular weight excluding hydrogens is 1500 g/mol. The van der Waals surface area contributed by atoms with Crippen molar-refractivity contribution in [2.24, 2.45) is 5.92 Å². The molecule has 34 heteroatoms. The summed E-state index contributed by atoms with van der Waals surface area (Å²) in [4.78, 5) is 123. The average molecular weight is 1580 g/mol. The lowest BCUT2D eigenvalue weighted by molar-refractivity contribution is -0.275. The minimum absolute atomic E-state index is 0.0277. The molecule has 0 spiro atoms. The van der Waals surface area contributed by atoms with Gasteiger partial charge in [0, 0.05) is 78.1 Å². The molecule has 28 nitrogen and oxygen atoms in total. The summed E-state index contributed by atoms with van der Waals surface area (Å²) in [6, 6.07) is 50.0. The van der Waals surface area contributed by atoms with E-state index in [-0.39, 0.29) is 81.4 Å². The highest BCUT2D eigenvalue weighted by molar-refractivity contribution is 5.98. The molecule has 8 amide bonds.